The fourth-order valence-electron chi connectivity index (χ4n) is 4.34. The molecule has 0 aliphatic carbocycles. The van der Waals surface area contributed by atoms with Gasteiger partial charge in [-0.05, 0) is 85.3 Å². The van der Waals surface area contributed by atoms with Gasteiger partial charge in [-0.2, -0.15) is 5.10 Å². The molecular formula is C31H29N5O. The second-order valence-corrected chi connectivity index (χ2v) is 9.02. The highest BCUT2D eigenvalue weighted by Gasteiger charge is 2.11. The van der Waals surface area contributed by atoms with E-state index in [1.54, 1.807) is 6.21 Å². The van der Waals surface area contributed by atoms with Crippen LogP contribution < -0.4 is 10.3 Å². The van der Waals surface area contributed by atoms with Crippen LogP contribution in [0.25, 0.3) is 22.6 Å². The van der Waals surface area contributed by atoms with E-state index in [1.807, 2.05) is 79.5 Å². The Morgan fingerprint density at radius 1 is 0.811 bits per heavy atom. The molecule has 0 saturated heterocycles. The number of nitrogens with one attached hydrogen (secondary N) is 1. The van der Waals surface area contributed by atoms with E-state index in [2.05, 4.69) is 75.4 Å². The van der Waals surface area contributed by atoms with Crippen molar-refractivity contribution in [3.05, 3.63) is 126 Å². The van der Waals surface area contributed by atoms with Gasteiger partial charge in [-0.25, -0.2) is 5.43 Å². The van der Waals surface area contributed by atoms with Crippen LogP contribution in [0.3, 0.4) is 0 Å². The van der Waals surface area contributed by atoms with E-state index >= 15 is 0 Å². The first-order chi connectivity index (χ1) is 18.0. The lowest BCUT2D eigenvalue weighted by molar-refractivity contribution is 0.0955. The first-order valence-electron chi connectivity index (χ1n) is 12.1. The van der Waals surface area contributed by atoms with Gasteiger partial charge in [0.2, 0.25) is 0 Å². The van der Waals surface area contributed by atoms with Gasteiger partial charge < -0.3 is 14.0 Å². The zero-order valence-corrected chi connectivity index (χ0v) is 21.2. The first kappa shape index (κ1) is 23.9. The second-order valence-electron chi connectivity index (χ2n) is 9.02. The number of aryl methyl sites for hydroxylation is 1. The molecule has 0 aliphatic rings. The molecule has 0 spiro atoms. The molecule has 0 bridgehead atoms. The van der Waals surface area contributed by atoms with Gasteiger partial charge >= 0.3 is 0 Å². The van der Waals surface area contributed by atoms with Crippen molar-refractivity contribution in [2.45, 2.75) is 6.92 Å². The number of carbonyl (C=O) groups excluding carboxylic acids is 1. The lowest BCUT2D eigenvalue weighted by Crippen LogP contribution is -2.18. The Bertz CT molecular complexity index is 1530. The maximum Gasteiger partial charge on any atom is 0.271 e. The molecule has 5 aromatic rings. The van der Waals surface area contributed by atoms with Crippen molar-refractivity contribution in [3.8, 4) is 22.6 Å². The Morgan fingerprint density at radius 2 is 1.51 bits per heavy atom. The Hall–Kier alpha value is -4.84. The standard InChI is InChI=1S/C31H29N5O/c1-23-11-20-30(24-8-5-4-6-9-24)36(23)28-14-12-25(13-15-28)31(37)33-32-22-29-10-7-21-35(29)27-18-16-26(17-19-27)34(2)3/h4-22H,1-3H3,(H,33,37)/b32-22+. The topological polar surface area (TPSA) is 54.6 Å². The number of hydrazone groups is 1. The summed E-state index contributed by atoms with van der Waals surface area (Å²) < 4.78 is 4.21. The van der Waals surface area contributed by atoms with Crippen molar-refractivity contribution in [1.82, 2.24) is 14.6 Å². The van der Waals surface area contributed by atoms with E-state index < -0.39 is 0 Å². The molecule has 5 rings (SSSR count). The first-order valence-corrected chi connectivity index (χ1v) is 12.1. The second kappa shape index (κ2) is 10.4. The summed E-state index contributed by atoms with van der Waals surface area (Å²) >= 11 is 0. The molecule has 0 radical (unpaired) electrons. The molecule has 6 heteroatoms. The minimum absolute atomic E-state index is 0.260. The highest BCUT2D eigenvalue weighted by Crippen LogP contribution is 2.26. The van der Waals surface area contributed by atoms with Gasteiger partial charge in [-0.3, -0.25) is 4.79 Å². The van der Waals surface area contributed by atoms with Gasteiger partial charge in [0.25, 0.3) is 5.91 Å². The molecule has 1 N–H and O–H groups in total. The van der Waals surface area contributed by atoms with E-state index in [0.717, 1.165) is 39.7 Å². The SMILES string of the molecule is Cc1ccc(-c2ccccc2)n1-c1ccc(C(=O)N/N=C/c2cccn2-c2ccc(N(C)C)cc2)cc1. The molecule has 184 valence electrons. The molecule has 1 amide bonds. The number of amides is 1. The van der Waals surface area contributed by atoms with Crippen molar-refractivity contribution in [3.63, 3.8) is 0 Å². The number of carbonyl (C=O) groups is 1. The molecule has 0 saturated carbocycles. The van der Waals surface area contributed by atoms with Crippen molar-refractivity contribution >= 4 is 17.8 Å². The largest absolute Gasteiger partial charge is 0.378 e. The summed E-state index contributed by atoms with van der Waals surface area (Å²) in [7, 11) is 4.03. The number of hydrogen-bond donors (Lipinski definition) is 1. The van der Waals surface area contributed by atoms with Gasteiger partial charge in [0.15, 0.2) is 0 Å². The van der Waals surface area contributed by atoms with Crippen LogP contribution in [0.4, 0.5) is 5.69 Å². The molecule has 0 unspecified atom stereocenters. The Kier molecular flexibility index (Phi) is 6.72. The fourth-order valence-corrected chi connectivity index (χ4v) is 4.34. The normalized spacial score (nSPS) is 11.1. The van der Waals surface area contributed by atoms with Gasteiger partial charge in [0.1, 0.15) is 0 Å². The zero-order chi connectivity index (χ0) is 25.8. The molecular weight excluding hydrogens is 458 g/mol. The highest BCUT2D eigenvalue weighted by molar-refractivity contribution is 5.95. The third kappa shape index (κ3) is 5.09. The number of hydrogen-bond acceptors (Lipinski definition) is 3. The average molecular weight is 488 g/mol. The Balaban J connectivity index is 1.28. The molecule has 0 fully saturated rings. The van der Waals surface area contributed by atoms with Crippen LogP contribution in [0, 0.1) is 6.92 Å². The van der Waals surface area contributed by atoms with Crippen LogP contribution in [0.15, 0.2) is 114 Å². The maximum absolute atomic E-state index is 12.7. The van der Waals surface area contributed by atoms with Crippen LogP contribution in [-0.2, 0) is 0 Å². The van der Waals surface area contributed by atoms with E-state index in [1.165, 1.54) is 0 Å². The van der Waals surface area contributed by atoms with E-state index in [0.29, 0.717) is 5.56 Å². The van der Waals surface area contributed by atoms with Crippen LogP contribution in [-0.4, -0.2) is 35.4 Å². The lowest BCUT2D eigenvalue weighted by Gasteiger charge is -2.13. The lowest BCUT2D eigenvalue weighted by atomic mass is 10.1. The van der Waals surface area contributed by atoms with E-state index in [9.17, 15) is 4.79 Å². The third-order valence-electron chi connectivity index (χ3n) is 6.32. The highest BCUT2D eigenvalue weighted by atomic mass is 16.2. The molecule has 2 heterocycles. The number of aromatic nitrogens is 2. The van der Waals surface area contributed by atoms with E-state index in [-0.39, 0.29) is 5.91 Å². The Morgan fingerprint density at radius 3 is 2.22 bits per heavy atom. The van der Waals surface area contributed by atoms with Crippen LogP contribution in [0.5, 0.6) is 0 Å². The zero-order valence-electron chi connectivity index (χ0n) is 21.2. The summed E-state index contributed by atoms with van der Waals surface area (Å²) in [5, 5.41) is 4.20. The molecule has 2 aromatic heterocycles. The monoisotopic (exact) mass is 487 g/mol. The summed E-state index contributed by atoms with van der Waals surface area (Å²) in [4.78, 5) is 14.8. The maximum atomic E-state index is 12.7. The van der Waals surface area contributed by atoms with Crippen LogP contribution in [0.1, 0.15) is 21.7 Å². The molecule has 6 nitrogen and oxygen atoms in total. The van der Waals surface area contributed by atoms with Gasteiger partial charge in [0, 0.05) is 48.6 Å². The summed E-state index contributed by atoms with van der Waals surface area (Å²) in [6.45, 7) is 2.08. The van der Waals surface area contributed by atoms with E-state index in [4.69, 9.17) is 0 Å². The summed E-state index contributed by atoms with van der Waals surface area (Å²) in [5.74, 6) is -0.260. The number of nitrogens with zero attached hydrogens (tertiary/aromatic N) is 4. The Labute approximate surface area is 217 Å². The van der Waals surface area contributed by atoms with Crippen LogP contribution >= 0.6 is 0 Å². The van der Waals surface area contributed by atoms with Crippen molar-refractivity contribution in [2.75, 3.05) is 19.0 Å². The van der Waals surface area contributed by atoms with Gasteiger partial charge in [-0.1, -0.05) is 30.3 Å². The average Bonchev–Trinajstić information content (AvgIpc) is 3.56. The van der Waals surface area contributed by atoms with Crippen LogP contribution in [0.2, 0.25) is 0 Å². The third-order valence-corrected chi connectivity index (χ3v) is 6.32. The van der Waals surface area contributed by atoms with Crippen molar-refractivity contribution in [2.24, 2.45) is 5.10 Å². The molecule has 3 aromatic carbocycles. The quantitative estimate of drug-likeness (QED) is 0.224. The minimum Gasteiger partial charge on any atom is -0.378 e. The number of rotatable bonds is 7. The summed E-state index contributed by atoms with van der Waals surface area (Å²) in [5.41, 5.74) is 10.6. The van der Waals surface area contributed by atoms with Gasteiger partial charge in [-0.15, -0.1) is 0 Å². The van der Waals surface area contributed by atoms with Crippen molar-refractivity contribution in [1.29, 1.82) is 0 Å². The fraction of sp³-hybridized carbons (Fsp3) is 0.0968. The van der Waals surface area contributed by atoms with Gasteiger partial charge in [0.05, 0.1) is 17.6 Å². The number of anilines is 1. The molecule has 0 atom stereocenters. The minimum atomic E-state index is -0.260. The molecule has 37 heavy (non-hydrogen) atoms. The number of benzene rings is 3. The predicted octanol–water partition coefficient (Wildman–Crippen LogP) is 6.07. The molecule has 0 aliphatic heterocycles. The summed E-state index contributed by atoms with van der Waals surface area (Å²) in [6.07, 6.45) is 3.63. The predicted molar refractivity (Wildman–Crippen MR) is 151 cm³/mol. The smallest absolute Gasteiger partial charge is 0.271 e. The van der Waals surface area contributed by atoms with Crippen molar-refractivity contribution < 1.29 is 4.79 Å². The summed E-state index contributed by atoms with van der Waals surface area (Å²) in [6, 6.07) is 34.2.